The molecular weight excluding hydrogens is 324 g/mol. The molecule has 0 aliphatic carbocycles. The SMILES string of the molecule is CN(CCC#N)C(=O)COC(=O)c1ccc(OC[C@@H]2CCCO2)cc1. The Morgan fingerprint density at radius 3 is 2.76 bits per heavy atom. The lowest BCUT2D eigenvalue weighted by Crippen LogP contribution is -2.31. The minimum Gasteiger partial charge on any atom is -0.491 e. The van der Waals surface area contributed by atoms with Gasteiger partial charge in [0.2, 0.25) is 0 Å². The monoisotopic (exact) mass is 346 g/mol. The van der Waals surface area contributed by atoms with E-state index in [9.17, 15) is 9.59 Å². The number of amides is 1. The number of hydrogen-bond donors (Lipinski definition) is 0. The molecule has 25 heavy (non-hydrogen) atoms. The summed E-state index contributed by atoms with van der Waals surface area (Å²) in [5.41, 5.74) is 0.344. The second-order valence-corrected chi connectivity index (χ2v) is 5.77. The van der Waals surface area contributed by atoms with E-state index in [0.29, 0.717) is 24.5 Å². The van der Waals surface area contributed by atoms with Crippen LogP contribution in [0.3, 0.4) is 0 Å². The fourth-order valence-electron chi connectivity index (χ4n) is 2.32. The number of esters is 1. The summed E-state index contributed by atoms with van der Waals surface area (Å²) < 4.78 is 16.1. The van der Waals surface area contributed by atoms with Crippen molar-refractivity contribution < 1.29 is 23.8 Å². The Labute approximate surface area is 147 Å². The largest absolute Gasteiger partial charge is 0.491 e. The van der Waals surface area contributed by atoms with E-state index in [1.165, 1.54) is 4.90 Å². The van der Waals surface area contributed by atoms with Crippen molar-refractivity contribution in [3.8, 4) is 11.8 Å². The first-order valence-corrected chi connectivity index (χ1v) is 8.22. The van der Waals surface area contributed by atoms with Gasteiger partial charge in [0.15, 0.2) is 6.61 Å². The number of nitriles is 1. The quantitative estimate of drug-likeness (QED) is 0.667. The fourth-order valence-corrected chi connectivity index (χ4v) is 2.32. The summed E-state index contributed by atoms with van der Waals surface area (Å²) in [6.45, 7) is 1.23. The zero-order chi connectivity index (χ0) is 18.1. The first kappa shape index (κ1) is 18.7. The normalized spacial score (nSPS) is 16.1. The number of benzene rings is 1. The third-order valence-corrected chi connectivity index (χ3v) is 3.86. The number of rotatable bonds is 8. The number of ether oxygens (including phenoxy) is 3. The van der Waals surface area contributed by atoms with Crippen molar-refractivity contribution in [1.82, 2.24) is 4.90 Å². The minimum atomic E-state index is -0.576. The number of hydrogen-bond acceptors (Lipinski definition) is 6. The van der Waals surface area contributed by atoms with Crippen LogP contribution in [0.25, 0.3) is 0 Å². The summed E-state index contributed by atoms with van der Waals surface area (Å²) >= 11 is 0. The van der Waals surface area contributed by atoms with Crippen molar-refractivity contribution in [3.05, 3.63) is 29.8 Å². The first-order chi connectivity index (χ1) is 12.1. The second kappa shape index (κ2) is 9.64. The standard InChI is InChI=1S/C18H22N2O5/c1-20(10-3-9-19)17(21)13-25-18(22)14-5-7-15(8-6-14)24-12-16-4-2-11-23-16/h5-8,16H,2-4,10-13H2,1H3/t16-/m0/s1. The van der Waals surface area contributed by atoms with Crippen molar-refractivity contribution in [2.24, 2.45) is 0 Å². The van der Waals surface area contributed by atoms with E-state index in [1.807, 2.05) is 6.07 Å². The van der Waals surface area contributed by atoms with Gasteiger partial charge in [-0.3, -0.25) is 4.79 Å². The van der Waals surface area contributed by atoms with Crippen molar-refractivity contribution in [1.29, 1.82) is 5.26 Å². The zero-order valence-corrected chi connectivity index (χ0v) is 14.3. The molecule has 0 spiro atoms. The van der Waals surface area contributed by atoms with Crippen LogP contribution >= 0.6 is 0 Å². The van der Waals surface area contributed by atoms with Crippen molar-refractivity contribution in [2.45, 2.75) is 25.4 Å². The number of likely N-dealkylation sites (N-methyl/N-ethyl adjacent to an activating group) is 1. The van der Waals surface area contributed by atoms with Gasteiger partial charge in [-0.25, -0.2) is 4.79 Å². The van der Waals surface area contributed by atoms with Gasteiger partial charge in [0, 0.05) is 20.2 Å². The fraction of sp³-hybridized carbons (Fsp3) is 0.500. The lowest BCUT2D eigenvalue weighted by atomic mass is 10.2. The average molecular weight is 346 g/mol. The topological polar surface area (TPSA) is 88.9 Å². The van der Waals surface area contributed by atoms with Gasteiger partial charge in [-0.15, -0.1) is 0 Å². The van der Waals surface area contributed by atoms with Crippen LogP contribution < -0.4 is 4.74 Å². The maximum Gasteiger partial charge on any atom is 0.338 e. The smallest absolute Gasteiger partial charge is 0.338 e. The zero-order valence-electron chi connectivity index (χ0n) is 14.3. The van der Waals surface area contributed by atoms with Crippen LogP contribution in [0.15, 0.2) is 24.3 Å². The molecule has 2 rings (SSSR count). The van der Waals surface area contributed by atoms with Crippen molar-refractivity contribution in [3.63, 3.8) is 0 Å². The van der Waals surface area contributed by atoms with Crippen LogP contribution in [0.4, 0.5) is 0 Å². The number of carbonyl (C=O) groups is 2. The van der Waals surface area contributed by atoms with E-state index in [4.69, 9.17) is 19.5 Å². The summed E-state index contributed by atoms with van der Waals surface area (Å²) in [6, 6.07) is 8.52. The van der Waals surface area contributed by atoms with Gasteiger partial charge in [0.05, 0.1) is 24.2 Å². The summed E-state index contributed by atoms with van der Waals surface area (Å²) in [4.78, 5) is 25.1. The molecule has 1 aromatic carbocycles. The molecule has 1 aliphatic heterocycles. The van der Waals surface area contributed by atoms with Crippen LogP contribution in [-0.4, -0.2) is 56.3 Å². The van der Waals surface area contributed by atoms with Crippen molar-refractivity contribution >= 4 is 11.9 Å². The molecule has 1 atom stereocenters. The highest BCUT2D eigenvalue weighted by Gasteiger charge is 2.16. The van der Waals surface area contributed by atoms with Crippen LogP contribution in [-0.2, 0) is 14.3 Å². The Morgan fingerprint density at radius 2 is 2.12 bits per heavy atom. The number of carbonyl (C=O) groups excluding carboxylic acids is 2. The predicted molar refractivity (Wildman–Crippen MR) is 89.1 cm³/mol. The van der Waals surface area contributed by atoms with Gasteiger partial charge in [0.25, 0.3) is 5.91 Å². The predicted octanol–water partition coefficient (Wildman–Crippen LogP) is 1.77. The lowest BCUT2D eigenvalue weighted by molar-refractivity contribution is -0.133. The van der Waals surface area contributed by atoms with Gasteiger partial charge < -0.3 is 19.1 Å². The third kappa shape index (κ3) is 6.08. The first-order valence-electron chi connectivity index (χ1n) is 8.22. The van der Waals surface area contributed by atoms with Crippen molar-refractivity contribution in [2.75, 3.05) is 33.4 Å². The van der Waals surface area contributed by atoms with E-state index in [2.05, 4.69) is 0 Å². The molecule has 0 radical (unpaired) electrons. The molecule has 0 N–H and O–H groups in total. The molecule has 0 saturated carbocycles. The Balaban J connectivity index is 1.75. The van der Waals surface area contributed by atoms with Crippen LogP contribution in [0.1, 0.15) is 29.6 Å². The molecule has 0 aromatic heterocycles. The van der Waals surface area contributed by atoms with E-state index in [-0.39, 0.29) is 25.0 Å². The molecule has 1 heterocycles. The van der Waals surface area contributed by atoms with E-state index < -0.39 is 5.97 Å². The molecular formula is C18H22N2O5. The third-order valence-electron chi connectivity index (χ3n) is 3.86. The Bertz CT molecular complexity index is 617. The molecule has 1 fully saturated rings. The highest BCUT2D eigenvalue weighted by molar-refractivity contribution is 5.91. The molecule has 1 amide bonds. The number of nitrogens with zero attached hydrogens (tertiary/aromatic N) is 2. The maximum atomic E-state index is 12.0. The molecule has 7 nitrogen and oxygen atoms in total. The lowest BCUT2D eigenvalue weighted by Gasteiger charge is -2.15. The summed E-state index contributed by atoms with van der Waals surface area (Å²) in [7, 11) is 1.56. The highest BCUT2D eigenvalue weighted by atomic mass is 16.5. The maximum absolute atomic E-state index is 12.0. The molecule has 0 unspecified atom stereocenters. The summed E-state index contributed by atoms with van der Waals surface area (Å²) in [5.74, 6) is -0.271. The molecule has 7 heteroatoms. The Morgan fingerprint density at radius 1 is 1.36 bits per heavy atom. The highest BCUT2D eigenvalue weighted by Crippen LogP contribution is 2.17. The van der Waals surface area contributed by atoms with Crippen LogP contribution in [0.2, 0.25) is 0 Å². The van der Waals surface area contributed by atoms with Gasteiger partial charge in [-0.2, -0.15) is 5.26 Å². The Kier molecular flexibility index (Phi) is 7.23. The van der Waals surface area contributed by atoms with Crippen LogP contribution in [0, 0.1) is 11.3 Å². The minimum absolute atomic E-state index is 0.133. The molecule has 1 aromatic rings. The second-order valence-electron chi connectivity index (χ2n) is 5.77. The van der Waals surface area contributed by atoms with Gasteiger partial charge >= 0.3 is 5.97 Å². The van der Waals surface area contributed by atoms with E-state index in [0.717, 1.165) is 19.4 Å². The van der Waals surface area contributed by atoms with Crippen LogP contribution in [0.5, 0.6) is 5.75 Å². The molecule has 0 bridgehead atoms. The van der Waals surface area contributed by atoms with E-state index in [1.54, 1.807) is 31.3 Å². The van der Waals surface area contributed by atoms with E-state index >= 15 is 0 Å². The molecule has 1 aliphatic rings. The average Bonchev–Trinajstić information content (AvgIpc) is 3.16. The molecule has 1 saturated heterocycles. The van der Waals surface area contributed by atoms with Gasteiger partial charge in [-0.1, -0.05) is 0 Å². The van der Waals surface area contributed by atoms with Gasteiger partial charge in [-0.05, 0) is 37.1 Å². The van der Waals surface area contributed by atoms with Gasteiger partial charge in [0.1, 0.15) is 12.4 Å². The Hall–Kier alpha value is -2.59. The molecule has 134 valence electrons. The summed E-state index contributed by atoms with van der Waals surface area (Å²) in [6.07, 6.45) is 2.43. The summed E-state index contributed by atoms with van der Waals surface area (Å²) in [5, 5.41) is 8.50.